The fourth-order valence-corrected chi connectivity index (χ4v) is 3.44. The number of benzene rings is 3. The number of aryl methyl sites for hydroxylation is 1. The monoisotopic (exact) mass is 368 g/mol. The normalized spacial score (nSPS) is 10.6. The maximum absolute atomic E-state index is 13.2. The molecular formula is C26H24O2. The predicted octanol–water partition coefficient (Wildman–Crippen LogP) is 5.73. The van der Waals surface area contributed by atoms with Crippen molar-refractivity contribution >= 4 is 11.6 Å². The van der Waals surface area contributed by atoms with Crippen molar-refractivity contribution in [1.82, 2.24) is 0 Å². The van der Waals surface area contributed by atoms with Gasteiger partial charge in [-0.05, 0) is 30.4 Å². The van der Waals surface area contributed by atoms with E-state index in [1.54, 1.807) is 24.3 Å². The molecule has 3 aromatic carbocycles. The molecule has 3 rings (SSSR count). The van der Waals surface area contributed by atoms with E-state index in [9.17, 15) is 9.59 Å². The predicted molar refractivity (Wildman–Crippen MR) is 114 cm³/mol. The topological polar surface area (TPSA) is 34.1 Å². The van der Waals surface area contributed by atoms with Gasteiger partial charge in [-0.2, -0.15) is 0 Å². The van der Waals surface area contributed by atoms with Gasteiger partial charge in [-0.25, -0.2) is 0 Å². The summed E-state index contributed by atoms with van der Waals surface area (Å²) in [5.74, 6) is -0.923. The summed E-state index contributed by atoms with van der Waals surface area (Å²) < 4.78 is 0. The second-order valence-corrected chi connectivity index (χ2v) is 6.81. The molecule has 0 N–H and O–H groups in total. The zero-order chi connectivity index (χ0) is 19.8. The molecule has 0 unspecified atom stereocenters. The third-order valence-corrected chi connectivity index (χ3v) is 4.93. The standard InChI is InChI=1S/C26H24O2/c1-2-11-20-12-9-10-13-21(20)18-19-24(25(27)22-14-5-3-6-15-22)26(28)23-16-7-4-8-17-23/h2-10,12-17,24H,1,11,18-19H2. The summed E-state index contributed by atoms with van der Waals surface area (Å²) in [7, 11) is 0. The van der Waals surface area contributed by atoms with Crippen molar-refractivity contribution < 1.29 is 9.59 Å². The van der Waals surface area contributed by atoms with Gasteiger partial charge in [-0.15, -0.1) is 6.58 Å². The van der Waals surface area contributed by atoms with Crippen LogP contribution in [0, 0.1) is 5.92 Å². The van der Waals surface area contributed by atoms with Gasteiger partial charge in [-0.1, -0.05) is 91.0 Å². The van der Waals surface area contributed by atoms with Crippen molar-refractivity contribution in [3.63, 3.8) is 0 Å². The van der Waals surface area contributed by atoms with Crippen LogP contribution >= 0.6 is 0 Å². The van der Waals surface area contributed by atoms with Gasteiger partial charge in [0.15, 0.2) is 11.6 Å². The van der Waals surface area contributed by atoms with Crippen molar-refractivity contribution in [2.45, 2.75) is 19.3 Å². The third kappa shape index (κ3) is 4.72. The smallest absolute Gasteiger partial charge is 0.173 e. The van der Waals surface area contributed by atoms with Crippen LogP contribution in [0.3, 0.4) is 0 Å². The molecule has 0 aromatic heterocycles. The summed E-state index contributed by atoms with van der Waals surface area (Å²) in [6.45, 7) is 3.82. The van der Waals surface area contributed by atoms with Crippen LogP contribution in [-0.4, -0.2) is 11.6 Å². The van der Waals surface area contributed by atoms with Crippen LogP contribution in [-0.2, 0) is 12.8 Å². The first-order valence-corrected chi connectivity index (χ1v) is 9.57. The number of ketones is 2. The van der Waals surface area contributed by atoms with E-state index in [2.05, 4.69) is 18.7 Å². The third-order valence-electron chi connectivity index (χ3n) is 4.93. The zero-order valence-corrected chi connectivity index (χ0v) is 15.9. The van der Waals surface area contributed by atoms with E-state index in [0.717, 1.165) is 12.0 Å². The second kappa shape index (κ2) is 9.61. The van der Waals surface area contributed by atoms with Crippen LogP contribution in [0.4, 0.5) is 0 Å². The Morgan fingerprint density at radius 3 is 1.68 bits per heavy atom. The van der Waals surface area contributed by atoms with Gasteiger partial charge in [0.1, 0.15) is 0 Å². The first-order valence-electron chi connectivity index (χ1n) is 9.57. The number of hydrogen-bond donors (Lipinski definition) is 0. The van der Waals surface area contributed by atoms with Gasteiger partial charge in [0.2, 0.25) is 0 Å². The van der Waals surface area contributed by atoms with Crippen molar-refractivity contribution in [1.29, 1.82) is 0 Å². The molecule has 0 aliphatic heterocycles. The minimum absolute atomic E-state index is 0.115. The molecule has 0 spiro atoms. The number of Topliss-reactive ketones (excluding diaryl/α,β-unsaturated/α-hetero) is 2. The number of rotatable bonds is 9. The summed E-state index contributed by atoms with van der Waals surface area (Å²) in [4.78, 5) is 26.3. The van der Waals surface area contributed by atoms with E-state index in [1.807, 2.05) is 54.6 Å². The molecule has 0 aliphatic carbocycles. The molecule has 0 fully saturated rings. The lowest BCUT2D eigenvalue weighted by atomic mass is 9.85. The Hall–Kier alpha value is -3.26. The number of allylic oxidation sites excluding steroid dienone is 1. The molecule has 3 aromatic rings. The average molecular weight is 368 g/mol. The fourth-order valence-electron chi connectivity index (χ4n) is 3.44. The van der Waals surface area contributed by atoms with Crippen LogP contribution in [0.1, 0.15) is 38.3 Å². The first kappa shape index (κ1) is 19.5. The second-order valence-electron chi connectivity index (χ2n) is 6.81. The van der Waals surface area contributed by atoms with Crippen LogP contribution in [0.25, 0.3) is 0 Å². The lowest BCUT2D eigenvalue weighted by Gasteiger charge is -2.16. The van der Waals surface area contributed by atoms with E-state index in [0.29, 0.717) is 24.0 Å². The van der Waals surface area contributed by atoms with Crippen molar-refractivity contribution in [2.24, 2.45) is 5.92 Å². The van der Waals surface area contributed by atoms with Crippen molar-refractivity contribution in [2.75, 3.05) is 0 Å². The van der Waals surface area contributed by atoms with Gasteiger partial charge in [-0.3, -0.25) is 9.59 Å². The highest BCUT2D eigenvalue weighted by molar-refractivity contribution is 6.16. The average Bonchev–Trinajstić information content (AvgIpc) is 2.76. The van der Waals surface area contributed by atoms with E-state index in [1.165, 1.54) is 5.56 Å². The molecule has 0 radical (unpaired) electrons. The Morgan fingerprint density at radius 1 is 0.714 bits per heavy atom. The molecule has 2 heteroatoms. The van der Waals surface area contributed by atoms with Gasteiger partial charge >= 0.3 is 0 Å². The summed E-state index contributed by atoms with van der Waals surface area (Å²) in [5, 5.41) is 0. The Bertz CT molecular complexity index is 891. The Morgan fingerprint density at radius 2 is 1.18 bits per heavy atom. The minimum Gasteiger partial charge on any atom is -0.293 e. The van der Waals surface area contributed by atoms with Crippen LogP contribution in [0.15, 0.2) is 97.6 Å². The Labute approximate surface area is 166 Å². The molecule has 28 heavy (non-hydrogen) atoms. The molecule has 0 amide bonds. The quantitative estimate of drug-likeness (QED) is 0.275. The molecule has 0 saturated heterocycles. The van der Waals surface area contributed by atoms with E-state index in [-0.39, 0.29) is 11.6 Å². The highest BCUT2D eigenvalue weighted by atomic mass is 16.2. The maximum Gasteiger partial charge on any atom is 0.173 e. The van der Waals surface area contributed by atoms with Crippen LogP contribution in [0.5, 0.6) is 0 Å². The van der Waals surface area contributed by atoms with E-state index >= 15 is 0 Å². The molecular weight excluding hydrogens is 344 g/mol. The van der Waals surface area contributed by atoms with Crippen molar-refractivity contribution in [3.8, 4) is 0 Å². The molecule has 2 nitrogen and oxygen atoms in total. The van der Waals surface area contributed by atoms with Gasteiger partial charge in [0, 0.05) is 11.1 Å². The lowest BCUT2D eigenvalue weighted by Crippen LogP contribution is -2.25. The first-order chi connectivity index (χ1) is 13.7. The largest absolute Gasteiger partial charge is 0.293 e. The molecule has 0 heterocycles. The molecule has 0 atom stereocenters. The van der Waals surface area contributed by atoms with E-state index in [4.69, 9.17) is 0 Å². The highest BCUT2D eigenvalue weighted by Gasteiger charge is 2.28. The van der Waals surface area contributed by atoms with Crippen LogP contribution in [0.2, 0.25) is 0 Å². The van der Waals surface area contributed by atoms with E-state index < -0.39 is 5.92 Å². The molecule has 0 bridgehead atoms. The molecule has 0 aliphatic rings. The maximum atomic E-state index is 13.2. The van der Waals surface area contributed by atoms with Gasteiger partial charge < -0.3 is 0 Å². The zero-order valence-electron chi connectivity index (χ0n) is 15.9. The highest BCUT2D eigenvalue weighted by Crippen LogP contribution is 2.22. The Kier molecular flexibility index (Phi) is 6.69. The summed E-state index contributed by atoms with van der Waals surface area (Å²) in [6, 6.07) is 26.3. The fraction of sp³-hybridized carbons (Fsp3) is 0.154. The lowest BCUT2D eigenvalue weighted by molar-refractivity contribution is 0.0799. The summed E-state index contributed by atoms with van der Waals surface area (Å²) in [6.07, 6.45) is 3.81. The molecule has 140 valence electrons. The van der Waals surface area contributed by atoms with Gasteiger partial charge in [0.25, 0.3) is 0 Å². The Balaban J connectivity index is 1.87. The number of carbonyl (C=O) groups is 2. The SMILES string of the molecule is C=CCc1ccccc1CCC(C(=O)c1ccccc1)C(=O)c1ccccc1. The van der Waals surface area contributed by atoms with Crippen LogP contribution < -0.4 is 0 Å². The number of carbonyl (C=O) groups excluding carboxylic acids is 2. The van der Waals surface area contributed by atoms with Gasteiger partial charge in [0.05, 0.1) is 5.92 Å². The summed E-state index contributed by atoms with van der Waals surface area (Å²) in [5.41, 5.74) is 3.51. The van der Waals surface area contributed by atoms with Crippen molar-refractivity contribution in [3.05, 3.63) is 120 Å². The number of hydrogen-bond acceptors (Lipinski definition) is 2. The summed E-state index contributed by atoms with van der Waals surface area (Å²) >= 11 is 0. The molecule has 0 saturated carbocycles. The minimum atomic E-state index is -0.693.